The molecule has 76 valence electrons. The van der Waals surface area contributed by atoms with Crippen LogP contribution in [-0.4, -0.2) is 18.2 Å². The van der Waals surface area contributed by atoms with Crippen LogP contribution in [0.3, 0.4) is 0 Å². The summed E-state index contributed by atoms with van der Waals surface area (Å²) < 4.78 is 6.02. The van der Waals surface area contributed by atoms with E-state index >= 15 is 0 Å². The van der Waals surface area contributed by atoms with Gasteiger partial charge in [-0.3, -0.25) is 4.79 Å². The van der Waals surface area contributed by atoms with Gasteiger partial charge in [0.1, 0.15) is 5.75 Å². The Hall–Kier alpha value is -1.03. The lowest BCUT2D eigenvalue weighted by molar-refractivity contribution is -0.136. The molecule has 0 atom stereocenters. The number of methoxy groups -OCH3 is 1. The third-order valence-corrected chi connectivity index (χ3v) is 2.63. The molecule has 0 saturated carbocycles. The number of hydrogen-bond acceptors (Lipinski definition) is 2. The fourth-order valence-corrected chi connectivity index (χ4v) is 1.75. The molecular weight excluding hydrogens is 248 g/mol. The molecule has 0 aliphatic carbocycles. The molecule has 0 radical (unpaired) electrons. The molecular formula is C10H11BrO3. The smallest absolute Gasteiger partial charge is 0.303 e. The van der Waals surface area contributed by atoms with Gasteiger partial charge in [0.05, 0.1) is 7.11 Å². The van der Waals surface area contributed by atoms with Crippen molar-refractivity contribution in [3.63, 3.8) is 0 Å². The fraction of sp³-hybridized carbons (Fsp3) is 0.300. The van der Waals surface area contributed by atoms with Crippen LogP contribution in [-0.2, 0) is 11.2 Å². The highest BCUT2D eigenvalue weighted by atomic mass is 79.9. The topological polar surface area (TPSA) is 46.5 Å². The zero-order valence-electron chi connectivity index (χ0n) is 7.79. The van der Waals surface area contributed by atoms with Gasteiger partial charge in [0, 0.05) is 16.5 Å². The number of halogens is 1. The maximum absolute atomic E-state index is 10.4. The van der Waals surface area contributed by atoms with E-state index in [9.17, 15) is 4.79 Å². The summed E-state index contributed by atoms with van der Waals surface area (Å²) in [5.74, 6) is -0.0802. The van der Waals surface area contributed by atoms with Crippen molar-refractivity contribution < 1.29 is 14.6 Å². The van der Waals surface area contributed by atoms with Crippen molar-refractivity contribution in [2.45, 2.75) is 12.8 Å². The number of aliphatic carboxylic acids is 1. The highest BCUT2D eigenvalue weighted by Crippen LogP contribution is 2.27. The molecule has 0 aromatic heterocycles. The molecule has 0 bridgehead atoms. The normalized spacial score (nSPS) is 9.86. The van der Waals surface area contributed by atoms with Crippen LogP contribution in [0.15, 0.2) is 22.7 Å². The Labute approximate surface area is 90.8 Å². The summed E-state index contributed by atoms with van der Waals surface area (Å²) >= 11 is 3.37. The summed E-state index contributed by atoms with van der Waals surface area (Å²) in [5.41, 5.74) is 0.900. The van der Waals surface area contributed by atoms with Crippen LogP contribution in [0.5, 0.6) is 5.75 Å². The summed E-state index contributed by atoms with van der Waals surface area (Å²) in [6, 6.07) is 5.55. The Balaban J connectivity index is 2.87. The van der Waals surface area contributed by atoms with Crippen molar-refractivity contribution in [2.24, 2.45) is 0 Å². The quantitative estimate of drug-likeness (QED) is 0.903. The van der Waals surface area contributed by atoms with E-state index in [0.29, 0.717) is 6.42 Å². The van der Waals surface area contributed by atoms with Crippen molar-refractivity contribution in [2.75, 3.05) is 7.11 Å². The predicted octanol–water partition coefficient (Wildman–Crippen LogP) is 2.47. The molecule has 0 unspecified atom stereocenters. The first-order chi connectivity index (χ1) is 6.65. The number of hydrogen-bond donors (Lipinski definition) is 1. The van der Waals surface area contributed by atoms with Gasteiger partial charge in [-0.05, 0) is 18.6 Å². The van der Waals surface area contributed by atoms with E-state index in [0.717, 1.165) is 15.8 Å². The number of carboxylic acid groups (broad SMARTS) is 1. The summed E-state index contributed by atoms with van der Waals surface area (Å²) in [5, 5.41) is 8.57. The largest absolute Gasteiger partial charge is 0.496 e. The van der Waals surface area contributed by atoms with Gasteiger partial charge in [0.15, 0.2) is 0 Å². The molecule has 1 aromatic rings. The third kappa shape index (κ3) is 2.73. The van der Waals surface area contributed by atoms with E-state index in [-0.39, 0.29) is 6.42 Å². The van der Waals surface area contributed by atoms with Crippen LogP contribution in [0.4, 0.5) is 0 Å². The summed E-state index contributed by atoms with van der Waals surface area (Å²) in [6.07, 6.45) is 0.582. The van der Waals surface area contributed by atoms with Crippen molar-refractivity contribution >= 4 is 21.9 Å². The molecule has 1 N–H and O–H groups in total. The molecule has 0 fully saturated rings. The van der Waals surface area contributed by atoms with Crippen LogP contribution < -0.4 is 4.74 Å². The van der Waals surface area contributed by atoms with Crippen molar-refractivity contribution in [3.05, 3.63) is 28.2 Å². The lowest BCUT2D eigenvalue weighted by Crippen LogP contribution is -2.00. The number of carboxylic acids is 1. The van der Waals surface area contributed by atoms with Crippen LogP contribution in [0.1, 0.15) is 12.0 Å². The van der Waals surface area contributed by atoms with Crippen LogP contribution in [0, 0.1) is 0 Å². The van der Waals surface area contributed by atoms with Crippen molar-refractivity contribution in [1.82, 2.24) is 0 Å². The van der Waals surface area contributed by atoms with E-state index in [4.69, 9.17) is 9.84 Å². The summed E-state index contributed by atoms with van der Waals surface area (Å²) in [7, 11) is 1.58. The zero-order valence-corrected chi connectivity index (χ0v) is 9.37. The Morgan fingerprint density at radius 2 is 2.29 bits per heavy atom. The van der Waals surface area contributed by atoms with Gasteiger partial charge >= 0.3 is 5.97 Å². The van der Waals surface area contributed by atoms with Gasteiger partial charge in [-0.15, -0.1) is 0 Å². The Morgan fingerprint density at radius 1 is 1.57 bits per heavy atom. The first-order valence-corrected chi connectivity index (χ1v) is 4.97. The molecule has 1 rings (SSSR count). The second kappa shape index (κ2) is 5.00. The lowest BCUT2D eigenvalue weighted by Gasteiger charge is -2.08. The molecule has 0 aliphatic rings. The van der Waals surface area contributed by atoms with E-state index in [2.05, 4.69) is 15.9 Å². The SMILES string of the molecule is COc1cccc(Br)c1CCC(=O)O. The summed E-state index contributed by atoms with van der Waals surface area (Å²) in [4.78, 5) is 10.4. The Morgan fingerprint density at radius 3 is 2.86 bits per heavy atom. The first kappa shape index (κ1) is 11.0. The Bertz CT molecular complexity index is 336. The maximum Gasteiger partial charge on any atom is 0.303 e. The molecule has 1 aromatic carbocycles. The molecule has 0 spiro atoms. The highest BCUT2D eigenvalue weighted by Gasteiger charge is 2.08. The van der Waals surface area contributed by atoms with Crippen molar-refractivity contribution in [3.8, 4) is 5.75 Å². The minimum absolute atomic E-state index is 0.110. The zero-order chi connectivity index (χ0) is 10.6. The standard InChI is InChI=1S/C10H11BrO3/c1-14-9-4-2-3-8(11)7(9)5-6-10(12)13/h2-4H,5-6H2,1H3,(H,12,13). The minimum Gasteiger partial charge on any atom is -0.496 e. The Kier molecular flexibility index (Phi) is 3.95. The maximum atomic E-state index is 10.4. The van der Waals surface area contributed by atoms with Crippen LogP contribution in [0.25, 0.3) is 0 Å². The minimum atomic E-state index is -0.803. The van der Waals surface area contributed by atoms with Gasteiger partial charge in [-0.25, -0.2) is 0 Å². The number of benzene rings is 1. The first-order valence-electron chi connectivity index (χ1n) is 4.18. The average molecular weight is 259 g/mol. The molecule has 0 amide bonds. The van der Waals surface area contributed by atoms with E-state index in [1.165, 1.54) is 0 Å². The monoisotopic (exact) mass is 258 g/mol. The summed E-state index contributed by atoms with van der Waals surface area (Å²) in [6.45, 7) is 0. The number of rotatable bonds is 4. The van der Waals surface area contributed by atoms with Gasteiger partial charge in [-0.1, -0.05) is 22.0 Å². The second-order valence-electron chi connectivity index (χ2n) is 2.81. The molecule has 4 heteroatoms. The van der Waals surface area contributed by atoms with Crippen LogP contribution in [0.2, 0.25) is 0 Å². The molecule has 0 saturated heterocycles. The van der Waals surface area contributed by atoms with E-state index in [1.807, 2.05) is 18.2 Å². The lowest BCUT2D eigenvalue weighted by atomic mass is 10.1. The van der Waals surface area contributed by atoms with Gasteiger partial charge in [0.25, 0.3) is 0 Å². The predicted molar refractivity (Wildman–Crippen MR) is 56.7 cm³/mol. The number of ether oxygens (including phenoxy) is 1. The molecule has 0 heterocycles. The second-order valence-corrected chi connectivity index (χ2v) is 3.67. The molecule has 0 aliphatic heterocycles. The fourth-order valence-electron chi connectivity index (χ4n) is 1.20. The van der Waals surface area contributed by atoms with Crippen molar-refractivity contribution in [1.29, 1.82) is 0 Å². The number of carbonyl (C=O) groups is 1. The molecule has 3 nitrogen and oxygen atoms in total. The average Bonchev–Trinajstić information content (AvgIpc) is 2.15. The highest BCUT2D eigenvalue weighted by molar-refractivity contribution is 9.10. The van der Waals surface area contributed by atoms with Gasteiger partial charge < -0.3 is 9.84 Å². The van der Waals surface area contributed by atoms with Gasteiger partial charge in [0.2, 0.25) is 0 Å². The van der Waals surface area contributed by atoms with Gasteiger partial charge in [-0.2, -0.15) is 0 Å². The van der Waals surface area contributed by atoms with E-state index in [1.54, 1.807) is 7.11 Å². The van der Waals surface area contributed by atoms with E-state index < -0.39 is 5.97 Å². The third-order valence-electron chi connectivity index (χ3n) is 1.88. The van der Waals surface area contributed by atoms with Crippen LogP contribution >= 0.6 is 15.9 Å². The molecule has 14 heavy (non-hydrogen) atoms.